The van der Waals surface area contributed by atoms with Crippen LogP contribution in [0.1, 0.15) is 19.8 Å². The van der Waals surface area contributed by atoms with Gasteiger partial charge in [-0.15, -0.1) is 0 Å². The zero-order valence-corrected chi connectivity index (χ0v) is 17.8. The highest BCUT2D eigenvalue weighted by Gasteiger charge is 2.31. The maximum atomic E-state index is 11.6. The third kappa shape index (κ3) is 4.99. The Morgan fingerprint density at radius 1 is 1.21 bits per heavy atom. The zero-order valence-electron chi connectivity index (χ0n) is 17.0. The molecule has 1 fully saturated rings. The molecule has 2 aromatic rings. The van der Waals surface area contributed by atoms with Gasteiger partial charge in [-0.2, -0.15) is 0 Å². The summed E-state index contributed by atoms with van der Waals surface area (Å²) in [6.45, 7) is 3.56. The summed E-state index contributed by atoms with van der Waals surface area (Å²) in [6, 6.07) is 10.2. The van der Waals surface area contributed by atoms with E-state index in [0.29, 0.717) is 5.95 Å². The van der Waals surface area contributed by atoms with Gasteiger partial charge < -0.3 is 9.80 Å². The molecule has 0 unspecified atom stereocenters. The number of nitrogens with zero attached hydrogens (tertiary/aromatic N) is 4. The second kappa shape index (κ2) is 8.45. The Bertz CT molecular complexity index is 899. The number of rotatable bonds is 6. The Hall–Kier alpha value is -2.19. The molecular weight excluding hydrogens is 374 g/mol. The fourth-order valence-corrected chi connectivity index (χ4v) is 4.51. The highest BCUT2D eigenvalue weighted by atomic mass is 32.2. The van der Waals surface area contributed by atoms with E-state index in [2.05, 4.69) is 50.7 Å². The Balaban J connectivity index is 1.77. The molecule has 28 heavy (non-hydrogen) atoms. The summed E-state index contributed by atoms with van der Waals surface area (Å²) in [5.41, 5.74) is 3.08. The summed E-state index contributed by atoms with van der Waals surface area (Å²) in [4.78, 5) is 13.5. The summed E-state index contributed by atoms with van der Waals surface area (Å²) in [5, 5.41) is 0. The van der Waals surface area contributed by atoms with Gasteiger partial charge in [0.25, 0.3) is 0 Å². The third-order valence-corrected chi connectivity index (χ3v) is 5.96. The van der Waals surface area contributed by atoms with Crippen LogP contribution in [0.4, 0.5) is 11.6 Å². The van der Waals surface area contributed by atoms with Gasteiger partial charge in [0.15, 0.2) is 0 Å². The van der Waals surface area contributed by atoms with Crippen LogP contribution in [0, 0.1) is 5.92 Å². The van der Waals surface area contributed by atoms with Crippen molar-refractivity contribution in [2.24, 2.45) is 5.92 Å². The van der Waals surface area contributed by atoms with E-state index in [1.54, 1.807) is 6.20 Å². The Kier molecular flexibility index (Phi) is 6.20. The number of aromatic nitrogens is 2. The average Bonchev–Trinajstić information content (AvgIpc) is 2.67. The van der Waals surface area contributed by atoms with E-state index in [1.807, 2.05) is 20.2 Å². The highest BCUT2D eigenvalue weighted by Crippen LogP contribution is 2.26. The molecule has 2 atom stereocenters. The van der Waals surface area contributed by atoms with Crippen LogP contribution in [0.5, 0.6) is 0 Å². The standard InChI is InChI=1S/C20H29N5O2S/c1-5-15-14-25(13-11-19(15)23-28(4,26)27)20-21-12-10-18(22-20)16-6-8-17(9-7-16)24(2)3/h6-10,12,15,19,23H,5,11,13-14H2,1-4H3/t15-,19+/m1/s1. The van der Waals surface area contributed by atoms with Crippen molar-refractivity contribution in [2.45, 2.75) is 25.8 Å². The molecular formula is C20H29N5O2S. The second-order valence-electron chi connectivity index (χ2n) is 7.58. The van der Waals surface area contributed by atoms with Crippen LogP contribution in [0.25, 0.3) is 11.3 Å². The molecule has 152 valence electrons. The lowest BCUT2D eigenvalue weighted by Crippen LogP contribution is -2.51. The lowest BCUT2D eigenvalue weighted by molar-refractivity contribution is 0.324. The molecule has 0 spiro atoms. The summed E-state index contributed by atoms with van der Waals surface area (Å²) in [7, 11) is 0.832. The van der Waals surface area contributed by atoms with E-state index in [9.17, 15) is 8.42 Å². The van der Waals surface area contributed by atoms with Crippen molar-refractivity contribution in [3.05, 3.63) is 36.5 Å². The summed E-state index contributed by atoms with van der Waals surface area (Å²) in [6.07, 6.45) is 4.66. The van der Waals surface area contributed by atoms with Gasteiger partial charge in [0.05, 0.1) is 11.9 Å². The minimum atomic E-state index is -3.20. The molecule has 7 nitrogen and oxygen atoms in total. The number of hydrogen-bond donors (Lipinski definition) is 1. The number of piperidine rings is 1. The van der Waals surface area contributed by atoms with Crippen molar-refractivity contribution in [3.8, 4) is 11.3 Å². The normalized spacial score (nSPS) is 20.2. The van der Waals surface area contributed by atoms with E-state index >= 15 is 0 Å². The quantitative estimate of drug-likeness (QED) is 0.798. The Morgan fingerprint density at radius 3 is 2.54 bits per heavy atom. The predicted molar refractivity (Wildman–Crippen MR) is 114 cm³/mol. The van der Waals surface area contributed by atoms with Crippen molar-refractivity contribution in [3.63, 3.8) is 0 Å². The van der Waals surface area contributed by atoms with Gasteiger partial charge in [-0.25, -0.2) is 23.1 Å². The SMILES string of the molecule is CC[C@@H]1CN(c2nccc(-c3ccc(N(C)C)cc3)n2)CC[C@@H]1NS(C)(=O)=O. The van der Waals surface area contributed by atoms with Gasteiger partial charge in [0.1, 0.15) is 0 Å². The lowest BCUT2D eigenvalue weighted by Gasteiger charge is -2.38. The maximum absolute atomic E-state index is 11.6. The van der Waals surface area contributed by atoms with E-state index < -0.39 is 10.0 Å². The average molecular weight is 404 g/mol. The molecule has 0 amide bonds. The molecule has 3 rings (SSSR count). The molecule has 1 aliphatic heterocycles. The van der Waals surface area contributed by atoms with Crippen molar-refractivity contribution < 1.29 is 8.42 Å². The van der Waals surface area contributed by atoms with Crippen molar-refractivity contribution in [1.82, 2.24) is 14.7 Å². The largest absolute Gasteiger partial charge is 0.378 e. The van der Waals surface area contributed by atoms with Crippen LogP contribution in [-0.2, 0) is 10.0 Å². The van der Waals surface area contributed by atoms with E-state index in [-0.39, 0.29) is 12.0 Å². The number of nitrogens with one attached hydrogen (secondary N) is 1. The van der Waals surface area contributed by atoms with E-state index in [4.69, 9.17) is 4.98 Å². The van der Waals surface area contributed by atoms with Crippen LogP contribution in [-0.4, -0.2) is 57.9 Å². The fourth-order valence-electron chi connectivity index (χ4n) is 3.65. The highest BCUT2D eigenvalue weighted by molar-refractivity contribution is 7.88. The van der Waals surface area contributed by atoms with Gasteiger partial charge in [-0.05, 0) is 30.5 Å². The van der Waals surface area contributed by atoms with Crippen LogP contribution in [0.15, 0.2) is 36.5 Å². The molecule has 8 heteroatoms. The van der Waals surface area contributed by atoms with Crippen molar-refractivity contribution in [2.75, 3.05) is 43.2 Å². The van der Waals surface area contributed by atoms with Gasteiger partial charge in [0.2, 0.25) is 16.0 Å². The van der Waals surface area contributed by atoms with Crippen LogP contribution < -0.4 is 14.5 Å². The first-order chi connectivity index (χ1) is 13.3. The number of anilines is 2. The van der Waals surface area contributed by atoms with E-state index in [1.165, 1.54) is 6.26 Å². The predicted octanol–water partition coefficient (Wildman–Crippen LogP) is 2.36. The molecule has 0 bridgehead atoms. The molecule has 0 saturated carbocycles. The molecule has 1 aromatic carbocycles. The fraction of sp³-hybridized carbons (Fsp3) is 0.500. The van der Waals surface area contributed by atoms with Crippen LogP contribution in [0.2, 0.25) is 0 Å². The summed E-state index contributed by atoms with van der Waals surface area (Å²) in [5.74, 6) is 0.931. The minimum absolute atomic E-state index is 0.0296. The first-order valence-electron chi connectivity index (χ1n) is 9.60. The molecule has 1 aromatic heterocycles. The third-order valence-electron chi connectivity index (χ3n) is 5.23. The topological polar surface area (TPSA) is 78.4 Å². The summed E-state index contributed by atoms with van der Waals surface area (Å²) < 4.78 is 26.0. The molecule has 0 radical (unpaired) electrons. The second-order valence-corrected chi connectivity index (χ2v) is 9.36. The number of hydrogen-bond acceptors (Lipinski definition) is 6. The first kappa shape index (κ1) is 20.5. The maximum Gasteiger partial charge on any atom is 0.225 e. The number of benzene rings is 1. The van der Waals surface area contributed by atoms with Gasteiger partial charge in [-0.1, -0.05) is 25.5 Å². The monoisotopic (exact) mass is 403 g/mol. The van der Waals surface area contributed by atoms with Crippen molar-refractivity contribution in [1.29, 1.82) is 0 Å². The molecule has 1 aliphatic rings. The zero-order chi connectivity index (χ0) is 20.3. The Labute approximate surface area is 167 Å². The lowest BCUT2D eigenvalue weighted by atomic mass is 9.91. The minimum Gasteiger partial charge on any atom is -0.378 e. The molecule has 1 N–H and O–H groups in total. The number of sulfonamides is 1. The Morgan fingerprint density at radius 2 is 1.93 bits per heavy atom. The van der Waals surface area contributed by atoms with Crippen molar-refractivity contribution >= 4 is 21.7 Å². The van der Waals surface area contributed by atoms with Gasteiger partial charge >= 0.3 is 0 Å². The van der Waals surface area contributed by atoms with Gasteiger partial charge in [0, 0.05) is 50.7 Å². The smallest absolute Gasteiger partial charge is 0.225 e. The molecule has 1 saturated heterocycles. The van der Waals surface area contributed by atoms with Crippen LogP contribution in [0.3, 0.4) is 0 Å². The molecule has 2 heterocycles. The molecule has 0 aliphatic carbocycles. The van der Waals surface area contributed by atoms with Crippen LogP contribution >= 0.6 is 0 Å². The van der Waals surface area contributed by atoms with E-state index in [0.717, 1.165) is 42.9 Å². The van der Waals surface area contributed by atoms with Gasteiger partial charge in [-0.3, -0.25) is 0 Å². The first-order valence-corrected chi connectivity index (χ1v) is 11.5. The summed E-state index contributed by atoms with van der Waals surface area (Å²) >= 11 is 0.